The van der Waals surface area contributed by atoms with Crippen LogP contribution in [-0.2, 0) is 25.6 Å². The Balaban J connectivity index is 2.14. The van der Waals surface area contributed by atoms with E-state index in [9.17, 15) is 24.3 Å². The smallest absolute Gasteiger partial charge is 0.326 e. The number of aliphatic imine (C=N–C) groups is 1. The van der Waals surface area contributed by atoms with Gasteiger partial charge >= 0.3 is 5.97 Å². The molecule has 4 unspecified atom stereocenters. The standard InChI is InChI=1S/C23H34N8O5/c1-12(24)19(32)29-13(2)20(33)30-17(8-5-9-27-23(25)26)21(34)31-18(22(35)36)10-14-11-28-16-7-4-3-6-15(14)16/h3-4,6-7,11-13,17-18,28H,5,8-10,24H2,1-2H3,(H,29,32)(H,30,33)(H,31,34)(H,35,36)(H4,25,26,27). The van der Waals surface area contributed by atoms with Crippen molar-refractivity contribution in [3.05, 3.63) is 36.0 Å². The minimum atomic E-state index is -1.25. The fourth-order valence-electron chi connectivity index (χ4n) is 3.47. The van der Waals surface area contributed by atoms with Crippen LogP contribution in [0.4, 0.5) is 0 Å². The maximum absolute atomic E-state index is 13.1. The lowest BCUT2D eigenvalue weighted by molar-refractivity contribution is -0.142. The molecule has 0 spiro atoms. The van der Waals surface area contributed by atoms with Gasteiger partial charge < -0.3 is 43.2 Å². The summed E-state index contributed by atoms with van der Waals surface area (Å²) < 4.78 is 0. The Labute approximate surface area is 208 Å². The molecule has 0 bridgehead atoms. The Morgan fingerprint density at radius 2 is 1.67 bits per heavy atom. The predicted molar refractivity (Wildman–Crippen MR) is 135 cm³/mol. The van der Waals surface area contributed by atoms with Crippen molar-refractivity contribution in [2.24, 2.45) is 22.2 Å². The summed E-state index contributed by atoms with van der Waals surface area (Å²) in [6, 6.07) is 3.27. The summed E-state index contributed by atoms with van der Waals surface area (Å²) in [5.74, 6) is -3.19. The van der Waals surface area contributed by atoms with E-state index in [1.165, 1.54) is 13.8 Å². The molecule has 0 fully saturated rings. The van der Waals surface area contributed by atoms with Crippen LogP contribution in [0, 0.1) is 0 Å². The van der Waals surface area contributed by atoms with E-state index < -0.39 is 47.9 Å². The Bertz CT molecular complexity index is 1110. The van der Waals surface area contributed by atoms with Crippen LogP contribution in [0.15, 0.2) is 35.5 Å². The third kappa shape index (κ3) is 8.27. The molecule has 13 nitrogen and oxygen atoms in total. The van der Waals surface area contributed by atoms with Crippen molar-refractivity contribution in [3.63, 3.8) is 0 Å². The highest BCUT2D eigenvalue weighted by molar-refractivity contribution is 5.94. The number of H-pyrrole nitrogens is 1. The van der Waals surface area contributed by atoms with Crippen molar-refractivity contribution >= 4 is 40.6 Å². The van der Waals surface area contributed by atoms with Crippen LogP contribution in [-0.4, -0.2) is 70.5 Å². The first-order chi connectivity index (χ1) is 17.0. The van der Waals surface area contributed by atoms with E-state index in [1.807, 2.05) is 24.3 Å². The largest absolute Gasteiger partial charge is 0.480 e. The summed E-state index contributed by atoms with van der Waals surface area (Å²) in [5.41, 5.74) is 17.7. The molecule has 0 radical (unpaired) electrons. The van der Waals surface area contributed by atoms with Gasteiger partial charge in [-0.1, -0.05) is 18.2 Å². The Hall–Kier alpha value is -4.13. The molecule has 2 aromatic rings. The number of nitrogens with zero attached hydrogens (tertiary/aromatic N) is 1. The molecule has 2 rings (SSSR count). The lowest BCUT2D eigenvalue weighted by atomic mass is 10.0. The van der Waals surface area contributed by atoms with Crippen LogP contribution < -0.4 is 33.2 Å². The number of aromatic nitrogens is 1. The normalized spacial score (nSPS) is 14.2. The van der Waals surface area contributed by atoms with Gasteiger partial charge in [0.25, 0.3) is 0 Å². The fraction of sp³-hybridized carbons (Fsp3) is 0.435. The number of rotatable bonds is 13. The van der Waals surface area contributed by atoms with E-state index in [0.717, 1.165) is 16.5 Å². The Morgan fingerprint density at radius 1 is 1.00 bits per heavy atom. The van der Waals surface area contributed by atoms with Crippen molar-refractivity contribution in [3.8, 4) is 0 Å². The first kappa shape index (κ1) is 28.1. The second-order valence-corrected chi connectivity index (χ2v) is 8.49. The second-order valence-electron chi connectivity index (χ2n) is 8.49. The van der Waals surface area contributed by atoms with E-state index in [-0.39, 0.29) is 25.3 Å². The molecule has 13 heteroatoms. The van der Waals surface area contributed by atoms with E-state index in [4.69, 9.17) is 17.2 Å². The number of aliphatic carboxylic acids is 1. The number of carboxylic acids is 1. The van der Waals surface area contributed by atoms with Crippen LogP contribution >= 0.6 is 0 Å². The van der Waals surface area contributed by atoms with Crippen molar-refractivity contribution < 1.29 is 24.3 Å². The summed E-state index contributed by atoms with van der Waals surface area (Å²) in [7, 11) is 0. The molecule has 0 aliphatic rings. The number of carbonyl (C=O) groups is 4. The highest BCUT2D eigenvalue weighted by atomic mass is 16.4. The van der Waals surface area contributed by atoms with Crippen LogP contribution in [0.2, 0.25) is 0 Å². The van der Waals surface area contributed by atoms with Crippen LogP contribution in [0.25, 0.3) is 10.9 Å². The van der Waals surface area contributed by atoms with E-state index in [0.29, 0.717) is 6.42 Å². The van der Waals surface area contributed by atoms with Gasteiger partial charge in [-0.2, -0.15) is 0 Å². The van der Waals surface area contributed by atoms with E-state index in [1.54, 1.807) is 6.20 Å². The minimum Gasteiger partial charge on any atom is -0.480 e. The van der Waals surface area contributed by atoms with Crippen LogP contribution in [0.3, 0.4) is 0 Å². The summed E-state index contributed by atoms with van der Waals surface area (Å²) in [4.78, 5) is 56.4. The Morgan fingerprint density at radius 3 is 2.31 bits per heavy atom. The lowest BCUT2D eigenvalue weighted by Gasteiger charge is -2.23. The average Bonchev–Trinajstić information content (AvgIpc) is 3.22. The third-order valence-corrected chi connectivity index (χ3v) is 5.46. The minimum absolute atomic E-state index is 0.0284. The molecule has 0 saturated heterocycles. The third-order valence-electron chi connectivity index (χ3n) is 5.46. The monoisotopic (exact) mass is 502 g/mol. The molecular weight excluding hydrogens is 468 g/mol. The van der Waals surface area contributed by atoms with Crippen molar-refractivity contribution in [2.75, 3.05) is 6.54 Å². The summed E-state index contributed by atoms with van der Waals surface area (Å²) in [6.07, 6.45) is 2.18. The molecule has 1 aromatic heterocycles. The van der Waals surface area contributed by atoms with Gasteiger partial charge in [0.05, 0.1) is 6.04 Å². The molecular formula is C23H34N8O5. The van der Waals surface area contributed by atoms with Gasteiger partial charge in [-0.05, 0) is 38.3 Å². The number of hydrogen-bond donors (Lipinski definition) is 8. The quantitative estimate of drug-likeness (QED) is 0.0926. The molecule has 0 aliphatic carbocycles. The molecule has 1 aromatic carbocycles. The van der Waals surface area contributed by atoms with Gasteiger partial charge in [0.15, 0.2) is 5.96 Å². The number of nitrogens with two attached hydrogens (primary N) is 3. The number of benzene rings is 1. The van der Waals surface area contributed by atoms with Gasteiger partial charge in [0.1, 0.15) is 18.1 Å². The molecule has 0 saturated carbocycles. The number of nitrogens with one attached hydrogen (secondary N) is 4. The van der Waals surface area contributed by atoms with E-state index >= 15 is 0 Å². The molecule has 1 heterocycles. The zero-order valence-electron chi connectivity index (χ0n) is 20.3. The SMILES string of the molecule is CC(N)C(=O)NC(C)C(=O)NC(CCCN=C(N)N)C(=O)NC(Cc1c[nH]c2ccccc12)C(=O)O. The zero-order valence-corrected chi connectivity index (χ0v) is 20.3. The molecule has 11 N–H and O–H groups in total. The first-order valence-electron chi connectivity index (χ1n) is 11.5. The summed E-state index contributed by atoms with van der Waals surface area (Å²) in [6.45, 7) is 3.12. The number of hydrogen-bond acceptors (Lipinski definition) is 6. The van der Waals surface area contributed by atoms with Gasteiger partial charge in [-0.25, -0.2) is 4.79 Å². The summed E-state index contributed by atoms with van der Waals surface area (Å²) in [5, 5.41) is 18.1. The molecule has 36 heavy (non-hydrogen) atoms. The predicted octanol–water partition coefficient (Wildman–Crippen LogP) is -1.33. The number of amides is 3. The number of carboxylic acid groups (broad SMARTS) is 1. The molecule has 0 aliphatic heterocycles. The van der Waals surface area contributed by atoms with Crippen LogP contribution in [0.5, 0.6) is 0 Å². The van der Waals surface area contributed by atoms with Crippen molar-refractivity contribution in [1.29, 1.82) is 0 Å². The van der Waals surface area contributed by atoms with E-state index in [2.05, 4.69) is 25.9 Å². The second kappa shape index (κ2) is 13.1. The number of aromatic amines is 1. The number of guanidine groups is 1. The van der Waals surface area contributed by atoms with Gasteiger partial charge in [0.2, 0.25) is 17.7 Å². The highest BCUT2D eigenvalue weighted by Crippen LogP contribution is 2.19. The fourth-order valence-corrected chi connectivity index (χ4v) is 3.47. The van der Waals surface area contributed by atoms with Gasteiger partial charge in [-0.15, -0.1) is 0 Å². The van der Waals surface area contributed by atoms with Gasteiger partial charge in [0, 0.05) is 30.1 Å². The molecule has 196 valence electrons. The maximum atomic E-state index is 13.1. The average molecular weight is 503 g/mol. The lowest BCUT2D eigenvalue weighted by Crippen LogP contribution is -2.56. The number of carbonyl (C=O) groups excluding carboxylic acids is 3. The number of fused-ring (bicyclic) bond motifs is 1. The maximum Gasteiger partial charge on any atom is 0.326 e. The topological polar surface area (TPSA) is 231 Å². The summed E-state index contributed by atoms with van der Waals surface area (Å²) >= 11 is 0. The van der Waals surface area contributed by atoms with Crippen LogP contribution in [0.1, 0.15) is 32.3 Å². The van der Waals surface area contributed by atoms with Gasteiger partial charge in [-0.3, -0.25) is 19.4 Å². The molecule has 4 atom stereocenters. The Kier molecular flexibility index (Phi) is 10.2. The van der Waals surface area contributed by atoms with Crippen molar-refractivity contribution in [1.82, 2.24) is 20.9 Å². The highest BCUT2D eigenvalue weighted by Gasteiger charge is 2.29. The zero-order chi connectivity index (χ0) is 26.8. The first-order valence-corrected chi connectivity index (χ1v) is 11.5. The molecule has 3 amide bonds. The number of para-hydroxylation sites is 1. The van der Waals surface area contributed by atoms with Crippen molar-refractivity contribution in [2.45, 2.75) is 57.3 Å².